The van der Waals surface area contributed by atoms with Gasteiger partial charge in [0, 0.05) is 23.9 Å². The standard InChI is InChI=1S/C21H24FN5O4S/c1-12-13(2)23-18-11-16(24-27(18)20(12)28)17-9-4-5-10-26(17)21(29)14-7-6-8-15(22)19(14)25-32(3,30)31/h6-8,11,17,24-25H,4-5,9-10H2,1-3H3/t17-/m0/s1. The van der Waals surface area contributed by atoms with Crippen molar-refractivity contribution in [1.82, 2.24) is 19.5 Å². The number of H-pyrrole nitrogens is 1. The molecule has 2 aromatic heterocycles. The number of nitrogens with zero attached hydrogens (tertiary/aromatic N) is 3. The van der Waals surface area contributed by atoms with E-state index in [4.69, 9.17) is 0 Å². The average molecular weight is 462 g/mol. The van der Waals surface area contributed by atoms with Gasteiger partial charge in [-0.05, 0) is 45.2 Å². The molecule has 2 N–H and O–H groups in total. The van der Waals surface area contributed by atoms with Crippen LogP contribution in [-0.4, -0.2) is 46.6 Å². The summed E-state index contributed by atoms with van der Waals surface area (Å²) in [6, 6.07) is 5.21. The van der Waals surface area contributed by atoms with Crippen molar-refractivity contribution in [2.45, 2.75) is 39.2 Å². The number of piperidine rings is 1. The number of anilines is 1. The fourth-order valence-electron chi connectivity index (χ4n) is 4.05. The topological polar surface area (TPSA) is 117 Å². The molecular formula is C21H24FN5O4S. The summed E-state index contributed by atoms with van der Waals surface area (Å²) in [7, 11) is -3.80. The minimum atomic E-state index is -3.80. The minimum absolute atomic E-state index is 0.0691. The zero-order valence-electron chi connectivity index (χ0n) is 18.0. The molecule has 0 bridgehead atoms. The molecule has 1 aliphatic heterocycles. The van der Waals surface area contributed by atoms with Crippen molar-refractivity contribution < 1.29 is 17.6 Å². The molecule has 170 valence electrons. The number of aromatic amines is 1. The molecule has 4 rings (SSSR count). The van der Waals surface area contributed by atoms with Crippen LogP contribution < -0.4 is 10.3 Å². The van der Waals surface area contributed by atoms with Crippen LogP contribution in [-0.2, 0) is 10.0 Å². The fraction of sp³-hybridized carbons (Fsp3) is 0.381. The molecule has 1 saturated heterocycles. The first-order chi connectivity index (χ1) is 15.1. The number of fused-ring (bicyclic) bond motifs is 1. The first kappa shape index (κ1) is 22.0. The molecule has 1 aliphatic rings. The molecule has 32 heavy (non-hydrogen) atoms. The summed E-state index contributed by atoms with van der Waals surface area (Å²) < 4.78 is 41.4. The van der Waals surface area contributed by atoms with E-state index >= 15 is 0 Å². The van der Waals surface area contributed by atoms with Gasteiger partial charge in [-0.25, -0.2) is 22.3 Å². The summed E-state index contributed by atoms with van der Waals surface area (Å²) >= 11 is 0. The number of carbonyl (C=O) groups is 1. The van der Waals surface area contributed by atoms with Gasteiger partial charge >= 0.3 is 0 Å². The highest BCUT2D eigenvalue weighted by Gasteiger charge is 2.32. The zero-order chi connectivity index (χ0) is 23.2. The number of hydrogen-bond donors (Lipinski definition) is 2. The molecular weight excluding hydrogens is 437 g/mol. The van der Waals surface area contributed by atoms with E-state index in [2.05, 4.69) is 14.8 Å². The predicted octanol–water partition coefficient (Wildman–Crippen LogP) is 2.52. The highest BCUT2D eigenvalue weighted by molar-refractivity contribution is 7.92. The summed E-state index contributed by atoms with van der Waals surface area (Å²) in [6.45, 7) is 3.88. The van der Waals surface area contributed by atoms with Gasteiger partial charge in [-0.15, -0.1) is 0 Å². The van der Waals surface area contributed by atoms with Gasteiger partial charge in [-0.1, -0.05) is 6.07 Å². The zero-order valence-corrected chi connectivity index (χ0v) is 18.8. The van der Waals surface area contributed by atoms with Crippen LogP contribution in [0.3, 0.4) is 0 Å². The molecule has 0 radical (unpaired) electrons. The highest BCUT2D eigenvalue weighted by atomic mass is 32.2. The van der Waals surface area contributed by atoms with Gasteiger partial charge in [0.05, 0.1) is 29.2 Å². The smallest absolute Gasteiger partial charge is 0.275 e. The van der Waals surface area contributed by atoms with Gasteiger partial charge < -0.3 is 4.90 Å². The van der Waals surface area contributed by atoms with Crippen LogP contribution in [0.15, 0.2) is 29.1 Å². The number of benzene rings is 1. The second kappa shape index (κ2) is 8.05. The quantitative estimate of drug-likeness (QED) is 0.619. The summed E-state index contributed by atoms with van der Waals surface area (Å²) in [5.41, 5.74) is 1.61. The van der Waals surface area contributed by atoms with Crippen molar-refractivity contribution in [1.29, 1.82) is 0 Å². The van der Waals surface area contributed by atoms with Crippen LogP contribution >= 0.6 is 0 Å². The first-order valence-corrected chi connectivity index (χ1v) is 12.1. The SMILES string of the molecule is Cc1nc2cc([C@@H]3CCCCN3C(=O)c3cccc(F)c3NS(C)(=O)=O)[nH]n2c(=O)c1C. The van der Waals surface area contributed by atoms with Crippen LogP contribution in [0.2, 0.25) is 0 Å². The molecule has 1 atom stereocenters. The van der Waals surface area contributed by atoms with Crippen LogP contribution in [0.1, 0.15) is 52.6 Å². The van der Waals surface area contributed by atoms with E-state index in [9.17, 15) is 22.4 Å². The van der Waals surface area contributed by atoms with Crippen LogP contribution in [0.5, 0.6) is 0 Å². The minimum Gasteiger partial charge on any atom is -0.330 e. The van der Waals surface area contributed by atoms with Gasteiger partial charge in [-0.3, -0.25) is 19.4 Å². The van der Waals surface area contributed by atoms with Gasteiger partial charge in [0.2, 0.25) is 10.0 Å². The molecule has 0 saturated carbocycles. The lowest BCUT2D eigenvalue weighted by Gasteiger charge is -2.35. The maximum absolute atomic E-state index is 14.4. The predicted molar refractivity (Wildman–Crippen MR) is 118 cm³/mol. The molecule has 3 heterocycles. The Morgan fingerprint density at radius 2 is 2.03 bits per heavy atom. The van der Waals surface area contributed by atoms with Crippen LogP contribution in [0, 0.1) is 19.7 Å². The fourth-order valence-corrected chi connectivity index (χ4v) is 4.63. The monoisotopic (exact) mass is 461 g/mol. The molecule has 9 nitrogen and oxygen atoms in total. The van der Waals surface area contributed by atoms with E-state index in [1.807, 2.05) is 0 Å². The largest absolute Gasteiger partial charge is 0.330 e. The molecule has 0 spiro atoms. The number of nitrogens with one attached hydrogen (secondary N) is 2. The number of sulfonamides is 1. The Bertz CT molecular complexity index is 1380. The summed E-state index contributed by atoms with van der Waals surface area (Å²) in [5, 5.41) is 3.06. The second-order valence-electron chi connectivity index (χ2n) is 8.08. The Labute approximate surface area is 184 Å². The number of aryl methyl sites for hydroxylation is 1. The van der Waals surface area contributed by atoms with Crippen molar-refractivity contribution in [3.05, 3.63) is 63.0 Å². The van der Waals surface area contributed by atoms with Crippen LogP contribution in [0.4, 0.5) is 10.1 Å². The van der Waals surface area contributed by atoms with Crippen molar-refractivity contribution >= 4 is 27.3 Å². The van der Waals surface area contributed by atoms with E-state index in [1.54, 1.807) is 24.8 Å². The van der Waals surface area contributed by atoms with Gasteiger partial charge in [0.1, 0.15) is 5.82 Å². The van der Waals surface area contributed by atoms with E-state index < -0.39 is 27.8 Å². The van der Waals surface area contributed by atoms with Gasteiger partial charge in [-0.2, -0.15) is 0 Å². The molecule has 1 amide bonds. The Hall–Kier alpha value is -3.21. The summed E-state index contributed by atoms with van der Waals surface area (Å²) in [6.07, 6.45) is 3.15. The van der Waals surface area contributed by atoms with E-state index in [0.717, 1.165) is 25.2 Å². The Morgan fingerprint density at radius 1 is 1.28 bits per heavy atom. The number of amides is 1. The van der Waals surface area contributed by atoms with Crippen molar-refractivity contribution in [2.75, 3.05) is 17.5 Å². The van der Waals surface area contributed by atoms with Crippen molar-refractivity contribution in [3.8, 4) is 0 Å². The van der Waals surface area contributed by atoms with E-state index in [-0.39, 0.29) is 16.8 Å². The number of aromatic nitrogens is 3. The number of hydrogen-bond acceptors (Lipinski definition) is 5. The molecule has 0 unspecified atom stereocenters. The number of carbonyl (C=O) groups excluding carboxylic acids is 1. The Morgan fingerprint density at radius 3 is 2.75 bits per heavy atom. The molecule has 1 aromatic carbocycles. The lowest BCUT2D eigenvalue weighted by molar-refractivity contribution is 0.0606. The van der Waals surface area contributed by atoms with Gasteiger partial charge in [0.25, 0.3) is 11.5 Å². The Kier molecular flexibility index (Phi) is 5.53. The third kappa shape index (κ3) is 3.99. The lowest BCUT2D eigenvalue weighted by atomic mass is 9.98. The first-order valence-electron chi connectivity index (χ1n) is 10.2. The normalized spacial score (nSPS) is 17.0. The second-order valence-corrected chi connectivity index (χ2v) is 9.83. The molecule has 3 aromatic rings. The highest BCUT2D eigenvalue weighted by Crippen LogP contribution is 2.33. The van der Waals surface area contributed by atoms with E-state index in [1.165, 1.54) is 16.6 Å². The number of para-hydroxylation sites is 1. The molecule has 1 fully saturated rings. The number of rotatable bonds is 4. The maximum Gasteiger partial charge on any atom is 0.275 e. The lowest BCUT2D eigenvalue weighted by Crippen LogP contribution is -2.39. The van der Waals surface area contributed by atoms with Crippen molar-refractivity contribution in [2.24, 2.45) is 0 Å². The Balaban J connectivity index is 1.77. The van der Waals surface area contributed by atoms with Gasteiger partial charge in [0.15, 0.2) is 5.65 Å². The molecule has 0 aliphatic carbocycles. The summed E-state index contributed by atoms with van der Waals surface area (Å²) in [5.74, 6) is -1.33. The molecule has 11 heteroatoms. The number of likely N-dealkylation sites (tertiary alicyclic amines) is 1. The third-order valence-electron chi connectivity index (χ3n) is 5.76. The summed E-state index contributed by atoms with van der Waals surface area (Å²) in [4.78, 5) is 32.1. The van der Waals surface area contributed by atoms with Crippen molar-refractivity contribution in [3.63, 3.8) is 0 Å². The number of halogens is 1. The van der Waals surface area contributed by atoms with Crippen LogP contribution in [0.25, 0.3) is 5.65 Å². The average Bonchev–Trinajstić information content (AvgIpc) is 3.16. The van der Waals surface area contributed by atoms with E-state index in [0.29, 0.717) is 35.6 Å². The maximum atomic E-state index is 14.4. The third-order valence-corrected chi connectivity index (χ3v) is 6.33.